The van der Waals surface area contributed by atoms with Crippen molar-refractivity contribution in [1.82, 2.24) is 0 Å². The number of anilines is 1. The molecule has 6 nitrogen and oxygen atoms in total. The van der Waals surface area contributed by atoms with Crippen LogP contribution in [0.2, 0.25) is 0 Å². The molecule has 1 N–H and O–H groups in total. The Morgan fingerprint density at radius 2 is 1.48 bits per heavy atom. The van der Waals surface area contributed by atoms with E-state index >= 15 is 0 Å². The van der Waals surface area contributed by atoms with Crippen molar-refractivity contribution >= 4 is 11.6 Å². The van der Waals surface area contributed by atoms with Crippen LogP contribution >= 0.6 is 0 Å². The molecule has 6 heteroatoms. The zero-order valence-electron chi connectivity index (χ0n) is 16.4. The quantitative estimate of drug-likeness (QED) is 0.546. The molecule has 29 heavy (non-hydrogen) atoms. The van der Waals surface area contributed by atoms with E-state index in [1.807, 2.05) is 30.3 Å². The zero-order valence-corrected chi connectivity index (χ0v) is 16.4. The lowest BCUT2D eigenvalue weighted by atomic mass is 10.2. The van der Waals surface area contributed by atoms with Gasteiger partial charge in [0.25, 0.3) is 5.91 Å². The number of hydrogen-bond acceptors (Lipinski definition) is 5. The largest absolute Gasteiger partial charge is 0.497 e. The third-order valence-corrected chi connectivity index (χ3v) is 4.12. The molecule has 0 saturated heterocycles. The molecular weight excluding hydrogens is 370 g/mol. The number of hydrogen-bond donors (Lipinski definition) is 1. The van der Waals surface area contributed by atoms with Gasteiger partial charge in [0.2, 0.25) is 0 Å². The van der Waals surface area contributed by atoms with Crippen LogP contribution < -0.4 is 24.3 Å². The number of ether oxygens (including phenoxy) is 4. The Kier molecular flexibility index (Phi) is 6.95. The predicted molar refractivity (Wildman–Crippen MR) is 111 cm³/mol. The third kappa shape index (κ3) is 5.65. The number of rotatable bonds is 9. The molecule has 0 bridgehead atoms. The summed E-state index contributed by atoms with van der Waals surface area (Å²) in [5.74, 6) is 2.27. The second kappa shape index (κ2) is 10.0. The Bertz CT molecular complexity index is 943. The van der Waals surface area contributed by atoms with Crippen LogP contribution in [-0.2, 0) is 0 Å². The van der Waals surface area contributed by atoms with Crippen molar-refractivity contribution in [2.75, 3.05) is 32.8 Å². The van der Waals surface area contributed by atoms with Crippen LogP contribution in [0.1, 0.15) is 10.4 Å². The highest BCUT2D eigenvalue weighted by Crippen LogP contribution is 2.29. The van der Waals surface area contributed by atoms with Crippen LogP contribution in [0.5, 0.6) is 23.0 Å². The van der Waals surface area contributed by atoms with E-state index in [9.17, 15) is 4.79 Å². The molecule has 3 rings (SSSR count). The van der Waals surface area contributed by atoms with Gasteiger partial charge in [-0.1, -0.05) is 24.3 Å². The molecule has 0 radical (unpaired) electrons. The van der Waals surface area contributed by atoms with Crippen LogP contribution in [0, 0.1) is 0 Å². The van der Waals surface area contributed by atoms with Crippen LogP contribution in [0.15, 0.2) is 72.8 Å². The molecule has 1 amide bonds. The number of nitrogens with one attached hydrogen (secondary N) is 1. The smallest absolute Gasteiger partial charge is 0.255 e. The van der Waals surface area contributed by atoms with Crippen LogP contribution in [0.25, 0.3) is 0 Å². The summed E-state index contributed by atoms with van der Waals surface area (Å²) in [7, 11) is 3.11. The highest BCUT2D eigenvalue weighted by atomic mass is 16.5. The molecule has 0 aromatic heterocycles. The van der Waals surface area contributed by atoms with E-state index in [2.05, 4.69) is 5.32 Å². The molecule has 0 saturated carbocycles. The minimum absolute atomic E-state index is 0.275. The van der Waals surface area contributed by atoms with Gasteiger partial charge in [0.15, 0.2) is 0 Å². The first-order valence-electron chi connectivity index (χ1n) is 9.13. The van der Waals surface area contributed by atoms with Crippen LogP contribution in [0.3, 0.4) is 0 Å². The maximum absolute atomic E-state index is 12.7. The molecule has 0 atom stereocenters. The monoisotopic (exact) mass is 393 g/mol. The van der Waals surface area contributed by atoms with Gasteiger partial charge in [-0.05, 0) is 42.5 Å². The molecule has 3 aromatic carbocycles. The second-order valence-electron chi connectivity index (χ2n) is 6.06. The van der Waals surface area contributed by atoms with Gasteiger partial charge in [-0.2, -0.15) is 0 Å². The standard InChI is InChI=1S/C23H23NO5/c1-26-19-11-12-22(27-2)21(16-19)24-23(25)17-7-6-10-20(15-17)29-14-13-28-18-8-4-3-5-9-18/h3-12,15-16H,13-14H2,1-2H3,(H,24,25). The van der Waals surface area contributed by atoms with Crippen LogP contribution in [-0.4, -0.2) is 33.3 Å². The van der Waals surface area contributed by atoms with Crippen molar-refractivity contribution in [3.8, 4) is 23.0 Å². The highest BCUT2D eigenvalue weighted by Gasteiger charge is 2.12. The summed E-state index contributed by atoms with van der Waals surface area (Å²) in [6.07, 6.45) is 0. The van der Waals surface area contributed by atoms with Gasteiger partial charge in [0, 0.05) is 11.6 Å². The summed E-state index contributed by atoms with van der Waals surface area (Å²) in [5, 5.41) is 2.84. The minimum atomic E-state index is -0.275. The van der Waals surface area contributed by atoms with Gasteiger partial charge >= 0.3 is 0 Å². The number of benzene rings is 3. The van der Waals surface area contributed by atoms with E-state index in [0.717, 1.165) is 5.75 Å². The Hall–Kier alpha value is -3.67. The van der Waals surface area contributed by atoms with E-state index in [1.54, 1.807) is 56.7 Å². The van der Waals surface area contributed by atoms with Crippen molar-refractivity contribution in [1.29, 1.82) is 0 Å². The number of amides is 1. The van der Waals surface area contributed by atoms with Crippen LogP contribution in [0.4, 0.5) is 5.69 Å². The molecule has 0 unspecified atom stereocenters. The number of para-hydroxylation sites is 1. The lowest BCUT2D eigenvalue weighted by molar-refractivity contribution is 0.102. The Morgan fingerprint density at radius 1 is 0.759 bits per heavy atom. The molecule has 150 valence electrons. The molecule has 0 heterocycles. The molecule has 0 aliphatic carbocycles. The Balaban J connectivity index is 1.59. The summed E-state index contributed by atoms with van der Waals surface area (Å²) < 4.78 is 21.8. The molecule has 0 aliphatic heterocycles. The van der Waals surface area contributed by atoms with Gasteiger partial charge in [-0.3, -0.25) is 4.79 Å². The average Bonchev–Trinajstić information content (AvgIpc) is 2.77. The zero-order chi connectivity index (χ0) is 20.5. The lowest BCUT2D eigenvalue weighted by Gasteiger charge is -2.12. The summed E-state index contributed by atoms with van der Waals surface area (Å²) in [6, 6.07) is 21.7. The maximum Gasteiger partial charge on any atom is 0.255 e. The van der Waals surface area contributed by atoms with E-state index < -0.39 is 0 Å². The molecule has 0 fully saturated rings. The fraction of sp³-hybridized carbons (Fsp3) is 0.174. The molecular formula is C23H23NO5. The van der Waals surface area contributed by atoms with Crippen molar-refractivity contribution in [3.05, 3.63) is 78.4 Å². The van der Waals surface area contributed by atoms with Gasteiger partial charge in [0.1, 0.15) is 36.2 Å². The summed E-state index contributed by atoms with van der Waals surface area (Å²) in [4.78, 5) is 12.7. The minimum Gasteiger partial charge on any atom is -0.497 e. The summed E-state index contributed by atoms with van der Waals surface area (Å²) in [6.45, 7) is 0.769. The van der Waals surface area contributed by atoms with Crippen molar-refractivity contribution in [2.24, 2.45) is 0 Å². The first-order valence-corrected chi connectivity index (χ1v) is 9.13. The fourth-order valence-electron chi connectivity index (χ4n) is 2.67. The molecule has 0 aliphatic rings. The lowest BCUT2D eigenvalue weighted by Crippen LogP contribution is -2.13. The van der Waals surface area contributed by atoms with Gasteiger partial charge < -0.3 is 24.3 Å². The van der Waals surface area contributed by atoms with Crippen molar-refractivity contribution in [2.45, 2.75) is 0 Å². The first kappa shape index (κ1) is 20.1. The fourth-order valence-corrected chi connectivity index (χ4v) is 2.67. The number of carbonyl (C=O) groups is 1. The van der Waals surface area contributed by atoms with E-state index in [-0.39, 0.29) is 5.91 Å². The number of methoxy groups -OCH3 is 2. The van der Waals surface area contributed by atoms with E-state index in [4.69, 9.17) is 18.9 Å². The van der Waals surface area contributed by atoms with Crippen molar-refractivity contribution < 1.29 is 23.7 Å². The second-order valence-corrected chi connectivity index (χ2v) is 6.06. The number of carbonyl (C=O) groups excluding carboxylic acids is 1. The Morgan fingerprint density at radius 3 is 2.21 bits per heavy atom. The average molecular weight is 393 g/mol. The normalized spacial score (nSPS) is 10.1. The summed E-state index contributed by atoms with van der Waals surface area (Å²) >= 11 is 0. The maximum atomic E-state index is 12.7. The van der Waals surface area contributed by atoms with E-state index in [0.29, 0.717) is 41.7 Å². The van der Waals surface area contributed by atoms with Gasteiger partial charge in [0.05, 0.1) is 19.9 Å². The summed E-state index contributed by atoms with van der Waals surface area (Å²) in [5.41, 5.74) is 0.996. The van der Waals surface area contributed by atoms with Gasteiger partial charge in [-0.15, -0.1) is 0 Å². The Labute approximate surface area is 170 Å². The predicted octanol–water partition coefficient (Wildman–Crippen LogP) is 4.41. The third-order valence-electron chi connectivity index (χ3n) is 4.12. The van der Waals surface area contributed by atoms with Gasteiger partial charge in [-0.25, -0.2) is 0 Å². The first-order chi connectivity index (χ1) is 14.2. The van der Waals surface area contributed by atoms with Crippen molar-refractivity contribution in [3.63, 3.8) is 0 Å². The SMILES string of the molecule is COc1ccc(OC)c(NC(=O)c2cccc(OCCOc3ccccc3)c2)c1. The van der Waals surface area contributed by atoms with E-state index in [1.165, 1.54) is 0 Å². The molecule has 0 spiro atoms. The molecule has 3 aromatic rings. The topological polar surface area (TPSA) is 66.0 Å². The highest BCUT2D eigenvalue weighted by molar-refractivity contribution is 6.05.